The summed E-state index contributed by atoms with van der Waals surface area (Å²) in [6, 6.07) is 13.8. The molecule has 1 heterocycles. The van der Waals surface area contributed by atoms with Crippen LogP contribution in [0.25, 0.3) is 0 Å². The summed E-state index contributed by atoms with van der Waals surface area (Å²) < 4.78 is 0. The van der Waals surface area contributed by atoms with Crippen molar-refractivity contribution in [1.29, 1.82) is 0 Å². The Labute approximate surface area is 124 Å². The van der Waals surface area contributed by atoms with Crippen molar-refractivity contribution in [3.05, 3.63) is 52.2 Å². The Bertz CT molecular complexity index is 462. The Morgan fingerprint density at radius 1 is 1.16 bits per heavy atom. The summed E-state index contributed by atoms with van der Waals surface area (Å²) in [6.45, 7) is 5.36. The number of nitrogens with one attached hydrogen (secondary N) is 1. The maximum absolute atomic E-state index is 3.59. The maximum atomic E-state index is 3.59. The van der Waals surface area contributed by atoms with Gasteiger partial charge in [-0.1, -0.05) is 32.0 Å². The molecule has 0 aliphatic rings. The molecular weight excluding hydrogens is 270 g/mol. The summed E-state index contributed by atoms with van der Waals surface area (Å²) in [5.41, 5.74) is 1.38. The van der Waals surface area contributed by atoms with Gasteiger partial charge in [-0.15, -0.1) is 23.1 Å². The van der Waals surface area contributed by atoms with E-state index in [4.69, 9.17) is 0 Å². The molecule has 0 amide bonds. The summed E-state index contributed by atoms with van der Waals surface area (Å²) in [7, 11) is 0. The summed E-state index contributed by atoms with van der Waals surface area (Å²) in [6.07, 6.45) is 1.08. The van der Waals surface area contributed by atoms with E-state index in [1.807, 2.05) is 23.1 Å². The molecule has 1 aromatic carbocycles. The van der Waals surface area contributed by atoms with Crippen LogP contribution in [0.1, 0.15) is 30.3 Å². The molecule has 2 rings (SSSR count). The fourth-order valence-corrected chi connectivity index (χ4v) is 3.56. The van der Waals surface area contributed by atoms with E-state index in [0.717, 1.165) is 18.7 Å². The maximum Gasteiger partial charge on any atom is 0.0368 e. The average molecular weight is 291 g/mol. The molecule has 0 spiro atoms. The second-order valence-electron chi connectivity index (χ2n) is 4.40. The molecule has 1 aromatic heterocycles. The van der Waals surface area contributed by atoms with Crippen LogP contribution in [0.15, 0.2) is 46.7 Å². The normalized spacial score (nSPS) is 12.5. The lowest BCUT2D eigenvalue weighted by atomic mass is 10.0. The van der Waals surface area contributed by atoms with E-state index in [2.05, 4.69) is 60.9 Å². The Kier molecular flexibility index (Phi) is 5.95. The van der Waals surface area contributed by atoms with E-state index in [1.165, 1.54) is 15.3 Å². The van der Waals surface area contributed by atoms with Gasteiger partial charge in [0.1, 0.15) is 0 Å². The van der Waals surface area contributed by atoms with Crippen LogP contribution in [-0.2, 0) is 6.42 Å². The molecule has 1 N–H and O–H groups in total. The molecule has 3 heteroatoms. The van der Waals surface area contributed by atoms with E-state index >= 15 is 0 Å². The van der Waals surface area contributed by atoms with Gasteiger partial charge in [0, 0.05) is 22.2 Å². The Morgan fingerprint density at radius 2 is 1.95 bits per heavy atom. The van der Waals surface area contributed by atoms with Gasteiger partial charge in [0.15, 0.2) is 0 Å². The van der Waals surface area contributed by atoms with Crippen LogP contribution in [0, 0.1) is 0 Å². The fourth-order valence-electron chi connectivity index (χ4n) is 2.15. The van der Waals surface area contributed by atoms with Crippen molar-refractivity contribution >= 4 is 23.1 Å². The SMILES string of the molecule is CCNC(Cc1cccs1)c1ccc(SCC)cc1. The van der Waals surface area contributed by atoms with Crippen molar-refractivity contribution in [2.75, 3.05) is 12.3 Å². The van der Waals surface area contributed by atoms with Crippen LogP contribution in [0.2, 0.25) is 0 Å². The first-order chi connectivity index (χ1) is 9.33. The molecule has 1 unspecified atom stereocenters. The van der Waals surface area contributed by atoms with Gasteiger partial charge in [0.05, 0.1) is 0 Å². The molecule has 0 saturated heterocycles. The summed E-state index contributed by atoms with van der Waals surface area (Å²) >= 11 is 3.74. The highest BCUT2D eigenvalue weighted by molar-refractivity contribution is 7.99. The highest BCUT2D eigenvalue weighted by atomic mass is 32.2. The van der Waals surface area contributed by atoms with Crippen molar-refractivity contribution in [3.63, 3.8) is 0 Å². The lowest BCUT2D eigenvalue weighted by Crippen LogP contribution is -2.22. The van der Waals surface area contributed by atoms with E-state index in [-0.39, 0.29) is 0 Å². The highest BCUT2D eigenvalue weighted by Gasteiger charge is 2.11. The van der Waals surface area contributed by atoms with Crippen LogP contribution in [-0.4, -0.2) is 12.3 Å². The molecule has 0 fully saturated rings. The smallest absolute Gasteiger partial charge is 0.0368 e. The zero-order valence-corrected chi connectivity index (χ0v) is 13.2. The largest absolute Gasteiger partial charge is 0.310 e. The zero-order chi connectivity index (χ0) is 13.5. The van der Waals surface area contributed by atoms with E-state index in [1.54, 1.807) is 0 Å². The first kappa shape index (κ1) is 14.6. The predicted molar refractivity (Wildman–Crippen MR) is 87.3 cm³/mol. The Balaban J connectivity index is 2.09. The highest BCUT2D eigenvalue weighted by Crippen LogP contribution is 2.24. The van der Waals surface area contributed by atoms with E-state index < -0.39 is 0 Å². The minimum absolute atomic E-state index is 0.421. The van der Waals surface area contributed by atoms with E-state index in [9.17, 15) is 0 Å². The number of thioether (sulfide) groups is 1. The monoisotopic (exact) mass is 291 g/mol. The van der Waals surface area contributed by atoms with Crippen molar-refractivity contribution in [2.24, 2.45) is 0 Å². The average Bonchev–Trinajstić information content (AvgIpc) is 2.93. The zero-order valence-electron chi connectivity index (χ0n) is 11.6. The molecule has 0 saturated carbocycles. The number of hydrogen-bond acceptors (Lipinski definition) is 3. The van der Waals surface area contributed by atoms with Crippen LogP contribution >= 0.6 is 23.1 Å². The molecule has 0 aliphatic carbocycles. The topological polar surface area (TPSA) is 12.0 Å². The van der Waals surface area contributed by atoms with Crippen molar-refractivity contribution in [1.82, 2.24) is 5.32 Å². The van der Waals surface area contributed by atoms with Crippen LogP contribution in [0.3, 0.4) is 0 Å². The minimum Gasteiger partial charge on any atom is -0.310 e. The van der Waals surface area contributed by atoms with Gasteiger partial charge in [-0.25, -0.2) is 0 Å². The second kappa shape index (κ2) is 7.73. The number of likely N-dealkylation sites (N-methyl/N-ethyl adjacent to an activating group) is 1. The molecule has 2 aromatic rings. The quantitative estimate of drug-likeness (QED) is 0.739. The lowest BCUT2D eigenvalue weighted by Gasteiger charge is -2.18. The third-order valence-electron chi connectivity index (χ3n) is 3.03. The van der Waals surface area contributed by atoms with Gasteiger partial charge >= 0.3 is 0 Å². The number of thiophene rings is 1. The van der Waals surface area contributed by atoms with E-state index in [0.29, 0.717) is 6.04 Å². The third kappa shape index (κ3) is 4.37. The number of hydrogen-bond donors (Lipinski definition) is 1. The van der Waals surface area contributed by atoms with Gasteiger partial charge < -0.3 is 5.32 Å². The minimum atomic E-state index is 0.421. The summed E-state index contributed by atoms with van der Waals surface area (Å²) in [5.74, 6) is 1.13. The molecule has 0 aliphatic heterocycles. The predicted octanol–water partition coefficient (Wildman–Crippen LogP) is 4.75. The molecular formula is C16H21NS2. The van der Waals surface area contributed by atoms with Crippen LogP contribution in [0.5, 0.6) is 0 Å². The third-order valence-corrected chi connectivity index (χ3v) is 4.82. The molecule has 0 radical (unpaired) electrons. The van der Waals surface area contributed by atoms with Gasteiger partial charge in [0.25, 0.3) is 0 Å². The van der Waals surface area contributed by atoms with Crippen molar-refractivity contribution in [3.8, 4) is 0 Å². The first-order valence-electron chi connectivity index (χ1n) is 6.82. The summed E-state index contributed by atoms with van der Waals surface area (Å²) in [4.78, 5) is 2.80. The van der Waals surface area contributed by atoms with Crippen LogP contribution in [0.4, 0.5) is 0 Å². The molecule has 1 nitrogen and oxygen atoms in total. The van der Waals surface area contributed by atoms with Gasteiger partial charge in [0.2, 0.25) is 0 Å². The second-order valence-corrected chi connectivity index (χ2v) is 6.77. The molecule has 1 atom stereocenters. The Morgan fingerprint density at radius 3 is 2.53 bits per heavy atom. The lowest BCUT2D eigenvalue weighted by molar-refractivity contribution is 0.553. The number of rotatable bonds is 7. The fraction of sp³-hybridized carbons (Fsp3) is 0.375. The molecule has 19 heavy (non-hydrogen) atoms. The van der Waals surface area contributed by atoms with Crippen molar-refractivity contribution in [2.45, 2.75) is 31.2 Å². The van der Waals surface area contributed by atoms with Gasteiger partial charge in [-0.05, 0) is 41.4 Å². The Hall–Kier alpha value is -0.770. The number of benzene rings is 1. The standard InChI is InChI=1S/C16H21NS2/c1-3-17-16(12-15-6-5-11-19-15)13-7-9-14(10-8-13)18-4-2/h5-11,16-17H,3-4,12H2,1-2H3. The van der Waals surface area contributed by atoms with Gasteiger partial charge in [-0.3, -0.25) is 0 Å². The van der Waals surface area contributed by atoms with Gasteiger partial charge in [-0.2, -0.15) is 0 Å². The summed E-state index contributed by atoms with van der Waals surface area (Å²) in [5, 5.41) is 5.74. The van der Waals surface area contributed by atoms with Crippen LogP contribution < -0.4 is 5.32 Å². The first-order valence-corrected chi connectivity index (χ1v) is 8.68. The van der Waals surface area contributed by atoms with Crippen molar-refractivity contribution < 1.29 is 0 Å². The molecule has 0 bridgehead atoms. The molecule has 102 valence electrons.